The van der Waals surface area contributed by atoms with Gasteiger partial charge in [0.05, 0.1) is 32.4 Å². The number of amides is 1. The number of alkyl carbamates (subject to hydrolysis) is 1. The molecule has 0 saturated carbocycles. The second-order valence-corrected chi connectivity index (χ2v) is 7.37. The number of carbonyl (C=O) groups is 1. The average molecular weight is 414 g/mol. The van der Waals surface area contributed by atoms with Crippen molar-refractivity contribution in [1.29, 1.82) is 0 Å². The van der Waals surface area contributed by atoms with E-state index in [1.165, 1.54) is 0 Å². The van der Waals surface area contributed by atoms with E-state index in [2.05, 4.69) is 5.32 Å². The summed E-state index contributed by atoms with van der Waals surface area (Å²) in [5.74, 6) is 1.13. The summed E-state index contributed by atoms with van der Waals surface area (Å²) < 4.78 is 27.8. The van der Waals surface area contributed by atoms with E-state index in [1.807, 2.05) is 19.9 Å². The number of hydrogen-bond donors (Lipinski definition) is 2. The van der Waals surface area contributed by atoms with Crippen LogP contribution in [0.4, 0.5) is 4.79 Å². The first kappa shape index (κ1) is 25.0. The SMILES string of the molecule is CCOC(OCC)c1c(CC(CO)NC(=O)OC(C)(C)C)cc(OC)cc1OC. The summed E-state index contributed by atoms with van der Waals surface area (Å²) in [7, 11) is 3.11. The number of aliphatic hydroxyl groups excluding tert-OH is 1. The number of carbonyl (C=O) groups excluding carboxylic acids is 1. The lowest BCUT2D eigenvalue weighted by Crippen LogP contribution is -2.42. The Morgan fingerprint density at radius 1 is 1.10 bits per heavy atom. The summed E-state index contributed by atoms with van der Waals surface area (Å²) in [5, 5.41) is 12.5. The summed E-state index contributed by atoms with van der Waals surface area (Å²) in [4.78, 5) is 12.1. The zero-order valence-corrected chi connectivity index (χ0v) is 18.5. The van der Waals surface area contributed by atoms with Crippen LogP contribution in [-0.2, 0) is 20.6 Å². The number of rotatable bonds is 11. The summed E-state index contributed by atoms with van der Waals surface area (Å²) in [6, 6.07) is 2.99. The minimum Gasteiger partial charge on any atom is -0.497 e. The molecule has 1 aromatic rings. The van der Waals surface area contributed by atoms with Crippen LogP contribution in [-0.4, -0.2) is 56.9 Å². The fourth-order valence-corrected chi connectivity index (χ4v) is 2.80. The molecule has 0 aliphatic carbocycles. The van der Waals surface area contributed by atoms with Crippen molar-refractivity contribution in [2.75, 3.05) is 34.0 Å². The molecule has 166 valence electrons. The molecule has 29 heavy (non-hydrogen) atoms. The largest absolute Gasteiger partial charge is 0.497 e. The first-order valence-electron chi connectivity index (χ1n) is 9.77. The molecule has 0 aromatic heterocycles. The Morgan fingerprint density at radius 2 is 1.72 bits per heavy atom. The first-order chi connectivity index (χ1) is 13.7. The summed E-state index contributed by atoms with van der Waals surface area (Å²) in [6.07, 6.45) is -0.948. The van der Waals surface area contributed by atoms with Gasteiger partial charge in [0.2, 0.25) is 0 Å². The van der Waals surface area contributed by atoms with Gasteiger partial charge in [0, 0.05) is 19.3 Å². The number of aliphatic hydroxyl groups is 1. The molecule has 0 aliphatic rings. The number of benzene rings is 1. The molecule has 8 nitrogen and oxygen atoms in total. The zero-order valence-electron chi connectivity index (χ0n) is 18.5. The predicted octanol–water partition coefficient (Wildman–Crippen LogP) is 3.20. The van der Waals surface area contributed by atoms with E-state index in [0.717, 1.165) is 5.56 Å². The van der Waals surface area contributed by atoms with Crippen molar-refractivity contribution in [3.63, 3.8) is 0 Å². The number of methoxy groups -OCH3 is 2. The van der Waals surface area contributed by atoms with Gasteiger partial charge in [-0.15, -0.1) is 0 Å². The van der Waals surface area contributed by atoms with Gasteiger partial charge in [0.1, 0.15) is 17.1 Å². The molecule has 0 spiro atoms. The number of nitrogens with one attached hydrogen (secondary N) is 1. The highest BCUT2D eigenvalue weighted by Gasteiger charge is 2.26. The molecule has 1 rings (SSSR count). The molecule has 0 heterocycles. The lowest BCUT2D eigenvalue weighted by molar-refractivity contribution is -0.141. The highest BCUT2D eigenvalue weighted by Crippen LogP contribution is 2.36. The lowest BCUT2D eigenvalue weighted by atomic mass is 9.98. The molecule has 1 amide bonds. The van der Waals surface area contributed by atoms with Crippen molar-refractivity contribution in [2.45, 2.75) is 59.0 Å². The van der Waals surface area contributed by atoms with Gasteiger partial charge in [-0.3, -0.25) is 0 Å². The fraction of sp³-hybridized carbons (Fsp3) is 0.667. The second kappa shape index (κ2) is 11.8. The van der Waals surface area contributed by atoms with Gasteiger partial charge in [-0.25, -0.2) is 4.79 Å². The molecule has 0 radical (unpaired) electrons. The van der Waals surface area contributed by atoms with Crippen molar-refractivity contribution >= 4 is 6.09 Å². The van der Waals surface area contributed by atoms with Crippen LogP contribution < -0.4 is 14.8 Å². The van der Waals surface area contributed by atoms with Crippen LogP contribution in [0.3, 0.4) is 0 Å². The third-order valence-electron chi connectivity index (χ3n) is 3.94. The molecule has 1 atom stereocenters. The maximum atomic E-state index is 12.1. The summed E-state index contributed by atoms with van der Waals surface area (Å²) in [6.45, 7) is 9.70. The number of hydrogen-bond acceptors (Lipinski definition) is 7. The van der Waals surface area contributed by atoms with E-state index < -0.39 is 24.0 Å². The van der Waals surface area contributed by atoms with E-state index in [1.54, 1.807) is 41.1 Å². The van der Waals surface area contributed by atoms with Gasteiger partial charge < -0.3 is 34.1 Å². The smallest absolute Gasteiger partial charge is 0.407 e. The molecular formula is C21H35NO7. The fourth-order valence-electron chi connectivity index (χ4n) is 2.80. The molecular weight excluding hydrogens is 378 g/mol. The minimum absolute atomic E-state index is 0.272. The van der Waals surface area contributed by atoms with Gasteiger partial charge in [-0.2, -0.15) is 0 Å². The molecule has 0 bridgehead atoms. The third-order valence-corrected chi connectivity index (χ3v) is 3.94. The normalized spacial score (nSPS) is 12.6. The lowest BCUT2D eigenvalue weighted by Gasteiger charge is -2.26. The van der Waals surface area contributed by atoms with E-state index in [0.29, 0.717) is 36.7 Å². The maximum Gasteiger partial charge on any atom is 0.407 e. The molecule has 1 unspecified atom stereocenters. The Kier molecular flexibility index (Phi) is 10.2. The Hall–Kier alpha value is -2.03. The van der Waals surface area contributed by atoms with E-state index in [9.17, 15) is 9.90 Å². The molecule has 0 saturated heterocycles. The van der Waals surface area contributed by atoms with Gasteiger partial charge in [0.25, 0.3) is 0 Å². The quantitative estimate of drug-likeness (QED) is 0.538. The summed E-state index contributed by atoms with van der Waals surface area (Å²) in [5.41, 5.74) is 0.827. The Labute approximate surface area is 173 Å². The van der Waals surface area contributed by atoms with Crippen LogP contribution in [0.5, 0.6) is 11.5 Å². The van der Waals surface area contributed by atoms with Crippen molar-refractivity contribution in [3.05, 3.63) is 23.3 Å². The van der Waals surface area contributed by atoms with E-state index >= 15 is 0 Å². The number of ether oxygens (including phenoxy) is 5. The monoisotopic (exact) mass is 413 g/mol. The molecule has 0 fully saturated rings. The van der Waals surface area contributed by atoms with E-state index in [-0.39, 0.29) is 6.61 Å². The zero-order chi connectivity index (χ0) is 22.0. The van der Waals surface area contributed by atoms with E-state index in [4.69, 9.17) is 23.7 Å². The van der Waals surface area contributed by atoms with Crippen molar-refractivity contribution in [1.82, 2.24) is 5.32 Å². The molecule has 2 N–H and O–H groups in total. The van der Waals surface area contributed by atoms with Gasteiger partial charge in [0.15, 0.2) is 6.29 Å². The highest BCUT2D eigenvalue weighted by molar-refractivity contribution is 5.68. The van der Waals surface area contributed by atoms with Crippen molar-refractivity contribution < 1.29 is 33.6 Å². The maximum absolute atomic E-state index is 12.1. The van der Waals surface area contributed by atoms with Gasteiger partial charge >= 0.3 is 6.09 Å². The van der Waals surface area contributed by atoms with Crippen LogP contribution >= 0.6 is 0 Å². The van der Waals surface area contributed by atoms with Gasteiger partial charge in [-0.1, -0.05) is 0 Å². The Balaban J connectivity index is 3.26. The second-order valence-electron chi connectivity index (χ2n) is 7.37. The first-order valence-corrected chi connectivity index (χ1v) is 9.77. The molecule has 0 aliphatic heterocycles. The molecule has 1 aromatic carbocycles. The van der Waals surface area contributed by atoms with Gasteiger partial charge in [-0.05, 0) is 52.7 Å². The van der Waals surface area contributed by atoms with Crippen molar-refractivity contribution in [2.24, 2.45) is 0 Å². The topological polar surface area (TPSA) is 95.5 Å². The average Bonchev–Trinajstić information content (AvgIpc) is 2.65. The molecule has 8 heteroatoms. The van der Waals surface area contributed by atoms with Crippen molar-refractivity contribution in [3.8, 4) is 11.5 Å². The van der Waals surface area contributed by atoms with Crippen LogP contribution in [0.1, 0.15) is 52.0 Å². The summed E-state index contributed by atoms with van der Waals surface area (Å²) >= 11 is 0. The van der Waals surface area contributed by atoms with Crippen LogP contribution in [0.15, 0.2) is 12.1 Å². The Bertz CT molecular complexity index is 637. The Morgan fingerprint density at radius 3 is 2.17 bits per heavy atom. The van der Waals surface area contributed by atoms with Crippen LogP contribution in [0, 0.1) is 0 Å². The van der Waals surface area contributed by atoms with Crippen LogP contribution in [0.2, 0.25) is 0 Å². The minimum atomic E-state index is -0.651. The highest BCUT2D eigenvalue weighted by atomic mass is 16.7. The predicted molar refractivity (Wildman–Crippen MR) is 109 cm³/mol. The third kappa shape index (κ3) is 8.08. The van der Waals surface area contributed by atoms with Crippen LogP contribution in [0.25, 0.3) is 0 Å². The standard InChI is InChI=1S/C21H35NO7/c1-8-27-19(28-9-2)18-14(11-16(25-6)12-17(18)26-7)10-15(13-23)22-20(24)29-21(3,4)5/h11-12,15,19,23H,8-10,13H2,1-7H3,(H,22,24).